The van der Waals surface area contributed by atoms with E-state index in [1.807, 2.05) is 0 Å². The first-order valence-electron chi connectivity index (χ1n) is 7.36. The van der Waals surface area contributed by atoms with Crippen molar-refractivity contribution in [3.8, 4) is 0 Å². The lowest BCUT2D eigenvalue weighted by atomic mass is 10.0. The molecular formula is C16H19N3O4. The highest BCUT2D eigenvalue weighted by Gasteiger charge is 2.23. The molecule has 2 N–H and O–H groups in total. The van der Waals surface area contributed by atoms with Gasteiger partial charge in [0.2, 0.25) is 5.91 Å². The number of fused-ring (bicyclic) bond motifs is 1. The van der Waals surface area contributed by atoms with Gasteiger partial charge in [-0.1, -0.05) is 26.0 Å². The van der Waals surface area contributed by atoms with Crippen LogP contribution in [0.3, 0.4) is 0 Å². The summed E-state index contributed by atoms with van der Waals surface area (Å²) in [5.41, 5.74) is 0.381. The second-order valence-electron chi connectivity index (χ2n) is 5.64. The minimum absolute atomic E-state index is 0.0103. The molecule has 0 fully saturated rings. The minimum atomic E-state index is -1.07. The second kappa shape index (κ2) is 7.04. The lowest BCUT2D eigenvalue weighted by Crippen LogP contribution is -2.44. The molecule has 2 rings (SSSR count). The Hall–Kier alpha value is -2.70. The summed E-state index contributed by atoms with van der Waals surface area (Å²) in [4.78, 5) is 39.4. The van der Waals surface area contributed by atoms with Gasteiger partial charge in [0.1, 0.15) is 6.04 Å². The first kappa shape index (κ1) is 16.7. The number of carbonyl (C=O) groups is 2. The maximum Gasteiger partial charge on any atom is 0.326 e. The van der Waals surface area contributed by atoms with Crippen molar-refractivity contribution in [2.75, 3.05) is 0 Å². The third kappa shape index (κ3) is 3.94. The summed E-state index contributed by atoms with van der Waals surface area (Å²) in [6.45, 7) is 3.58. The molecule has 7 nitrogen and oxygen atoms in total. The predicted octanol–water partition coefficient (Wildman–Crippen LogP) is 1.01. The van der Waals surface area contributed by atoms with E-state index < -0.39 is 17.9 Å². The van der Waals surface area contributed by atoms with E-state index in [1.54, 1.807) is 38.1 Å². The van der Waals surface area contributed by atoms with Crippen LogP contribution in [0, 0.1) is 5.92 Å². The quantitative estimate of drug-likeness (QED) is 0.828. The molecule has 122 valence electrons. The van der Waals surface area contributed by atoms with Gasteiger partial charge >= 0.3 is 5.97 Å². The fourth-order valence-corrected chi connectivity index (χ4v) is 2.25. The van der Waals surface area contributed by atoms with Gasteiger partial charge in [-0.15, -0.1) is 0 Å². The van der Waals surface area contributed by atoms with Gasteiger partial charge in [-0.05, 0) is 18.1 Å². The van der Waals surface area contributed by atoms with E-state index >= 15 is 0 Å². The summed E-state index contributed by atoms with van der Waals surface area (Å²) in [7, 11) is 0. The van der Waals surface area contributed by atoms with Crippen molar-refractivity contribution in [1.29, 1.82) is 0 Å². The number of para-hydroxylation sites is 1. The number of nitrogens with one attached hydrogen (secondary N) is 1. The number of aliphatic carboxylic acids is 1. The van der Waals surface area contributed by atoms with Crippen molar-refractivity contribution in [2.45, 2.75) is 32.9 Å². The maximum absolute atomic E-state index is 12.3. The minimum Gasteiger partial charge on any atom is -0.480 e. The maximum atomic E-state index is 12.3. The Balaban J connectivity index is 2.06. The lowest BCUT2D eigenvalue weighted by Gasteiger charge is -2.18. The molecule has 1 amide bonds. The summed E-state index contributed by atoms with van der Waals surface area (Å²) in [5.74, 6) is -1.70. The second-order valence-corrected chi connectivity index (χ2v) is 5.64. The van der Waals surface area contributed by atoms with Crippen molar-refractivity contribution < 1.29 is 14.7 Å². The molecule has 1 heterocycles. The van der Waals surface area contributed by atoms with E-state index in [-0.39, 0.29) is 24.4 Å². The van der Waals surface area contributed by atoms with E-state index in [0.29, 0.717) is 10.9 Å². The van der Waals surface area contributed by atoms with Crippen molar-refractivity contribution in [1.82, 2.24) is 14.9 Å². The van der Waals surface area contributed by atoms with Crippen LogP contribution < -0.4 is 10.9 Å². The fourth-order valence-electron chi connectivity index (χ4n) is 2.25. The van der Waals surface area contributed by atoms with Crippen molar-refractivity contribution in [3.05, 3.63) is 40.9 Å². The van der Waals surface area contributed by atoms with Crippen LogP contribution in [0.15, 0.2) is 35.4 Å². The smallest absolute Gasteiger partial charge is 0.326 e. The van der Waals surface area contributed by atoms with E-state index in [2.05, 4.69) is 10.3 Å². The van der Waals surface area contributed by atoms with Crippen LogP contribution in [0.5, 0.6) is 0 Å². The Morgan fingerprint density at radius 1 is 1.30 bits per heavy atom. The number of hydrogen-bond acceptors (Lipinski definition) is 4. The topological polar surface area (TPSA) is 101 Å². The van der Waals surface area contributed by atoms with E-state index in [1.165, 1.54) is 10.9 Å². The molecule has 0 aliphatic carbocycles. The molecule has 1 atom stereocenters. The van der Waals surface area contributed by atoms with Gasteiger partial charge in [-0.2, -0.15) is 0 Å². The van der Waals surface area contributed by atoms with Crippen molar-refractivity contribution >= 4 is 22.8 Å². The summed E-state index contributed by atoms with van der Waals surface area (Å²) in [6.07, 6.45) is 1.41. The molecule has 0 saturated carbocycles. The molecular weight excluding hydrogens is 298 g/mol. The number of carboxylic acid groups (broad SMARTS) is 1. The van der Waals surface area contributed by atoms with Crippen LogP contribution in [0.4, 0.5) is 0 Å². The molecule has 1 aromatic carbocycles. The average Bonchev–Trinajstić information content (AvgIpc) is 2.51. The molecule has 0 aliphatic heterocycles. The fraction of sp³-hybridized carbons (Fsp3) is 0.375. The highest BCUT2D eigenvalue weighted by Crippen LogP contribution is 2.05. The zero-order valence-corrected chi connectivity index (χ0v) is 13.0. The number of benzene rings is 1. The molecule has 0 radical (unpaired) electrons. The number of aryl methyl sites for hydroxylation is 1. The molecule has 2 aromatic rings. The van der Waals surface area contributed by atoms with E-state index in [0.717, 1.165) is 0 Å². The number of amides is 1. The Morgan fingerprint density at radius 2 is 2.00 bits per heavy atom. The summed E-state index contributed by atoms with van der Waals surface area (Å²) < 4.78 is 1.35. The standard InChI is InChI=1S/C16H19N3O4/c1-10(2)14(16(22)23)18-13(20)7-8-19-9-17-12-6-4-3-5-11(12)15(19)21/h3-6,9-10,14H,7-8H2,1-2H3,(H,18,20)(H,22,23). The van der Waals surface area contributed by atoms with Gasteiger partial charge in [0.15, 0.2) is 0 Å². The third-order valence-corrected chi connectivity index (χ3v) is 3.56. The summed E-state index contributed by atoms with van der Waals surface area (Å²) in [6, 6.07) is 6.04. The molecule has 23 heavy (non-hydrogen) atoms. The third-order valence-electron chi connectivity index (χ3n) is 3.56. The van der Waals surface area contributed by atoms with Crippen LogP contribution in [0.25, 0.3) is 10.9 Å². The van der Waals surface area contributed by atoms with Crippen LogP contribution in [0.1, 0.15) is 20.3 Å². The number of hydrogen-bond donors (Lipinski definition) is 2. The zero-order valence-electron chi connectivity index (χ0n) is 13.0. The van der Waals surface area contributed by atoms with Gasteiger partial charge in [0.25, 0.3) is 5.56 Å². The average molecular weight is 317 g/mol. The Labute approximate surface area is 133 Å². The molecule has 0 spiro atoms. The highest BCUT2D eigenvalue weighted by atomic mass is 16.4. The van der Waals surface area contributed by atoms with Crippen LogP contribution in [-0.4, -0.2) is 32.6 Å². The number of rotatable bonds is 6. The predicted molar refractivity (Wildman–Crippen MR) is 85.0 cm³/mol. The molecule has 0 bridgehead atoms. The molecule has 1 aromatic heterocycles. The van der Waals surface area contributed by atoms with E-state index in [4.69, 9.17) is 5.11 Å². The van der Waals surface area contributed by atoms with Crippen molar-refractivity contribution in [2.24, 2.45) is 5.92 Å². The van der Waals surface area contributed by atoms with Gasteiger partial charge in [0.05, 0.1) is 17.2 Å². The van der Waals surface area contributed by atoms with Crippen molar-refractivity contribution in [3.63, 3.8) is 0 Å². The van der Waals surface area contributed by atoms with Crippen LogP contribution in [0.2, 0.25) is 0 Å². The molecule has 1 unspecified atom stereocenters. The molecule has 7 heteroatoms. The van der Waals surface area contributed by atoms with Gasteiger partial charge in [0, 0.05) is 13.0 Å². The Morgan fingerprint density at radius 3 is 2.65 bits per heavy atom. The SMILES string of the molecule is CC(C)C(NC(=O)CCn1cnc2ccccc2c1=O)C(=O)O. The Kier molecular flexibility index (Phi) is 5.10. The number of aromatic nitrogens is 2. The largest absolute Gasteiger partial charge is 0.480 e. The molecule has 0 aliphatic rings. The highest BCUT2D eigenvalue weighted by molar-refractivity contribution is 5.83. The first-order chi connectivity index (χ1) is 10.9. The number of nitrogens with zero attached hydrogens (tertiary/aromatic N) is 2. The number of carbonyl (C=O) groups excluding carboxylic acids is 1. The monoisotopic (exact) mass is 317 g/mol. The summed E-state index contributed by atoms with van der Waals surface area (Å²) in [5, 5.41) is 12.0. The zero-order chi connectivity index (χ0) is 17.0. The normalized spacial score (nSPS) is 12.3. The van der Waals surface area contributed by atoms with Crippen LogP contribution in [-0.2, 0) is 16.1 Å². The number of carboxylic acids is 1. The van der Waals surface area contributed by atoms with Gasteiger partial charge in [-0.25, -0.2) is 9.78 Å². The van der Waals surface area contributed by atoms with E-state index in [9.17, 15) is 14.4 Å². The first-order valence-corrected chi connectivity index (χ1v) is 7.36. The Bertz CT molecular complexity index is 782. The van der Waals surface area contributed by atoms with Gasteiger partial charge in [-0.3, -0.25) is 14.2 Å². The summed E-state index contributed by atoms with van der Waals surface area (Å²) >= 11 is 0. The van der Waals surface area contributed by atoms with Gasteiger partial charge < -0.3 is 10.4 Å². The lowest BCUT2D eigenvalue weighted by molar-refractivity contribution is -0.143. The molecule has 0 saturated heterocycles. The van der Waals surface area contributed by atoms with Crippen LogP contribution >= 0.6 is 0 Å².